The first-order valence-electron chi connectivity index (χ1n) is 9.43. The molecule has 0 saturated heterocycles. The van der Waals surface area contributed by atoms with Crippen LogP contribution in [-0.4, -0.2) is 38.9 Å². The van der Waals surface area contributed by atoms with Gasteiger partial charge in [0.1, 0.15) is 0 Å². The van der Waals surface area contributed by atoms with Crippen LogP contribution < -0.4 is 4.31 Å². The molecule has 0 aliphatic carbocycles. The molecule has 0 N–H and O–H groups in total. The second-order valence-electron chi connectivity index (χ2n) is 7.85. The van der Waals surface area contributed by atoms with Crippen LogP contribution >= 0.6 is 0 Å². The lowest BCUT2D eigenvalue weighted by molar-refractivity contribution is -0.131. The lowest BCUT2D eigenvalue weighted by Crippen LogP contribution is -2.40. The zero-order valence-electron chi connectivity index (χ0n) is 16.1. The van der Waals surface area contributed by atoms with Crippen molar-refractivity contribution in [2.24, 2.45) is 0 Å². The largest absolute Gasteiger partial charge is 0.335 e. The summed E-state index contributed by atoms with van der Waals surface area (Å²) in [4.78, 5) is 14.9. The van der Waals surface area contributed by atoms with Crippen LogP contribution in [0.2, 0.25) is 0 Å². The first kappa shape index (κ1) is 18.7. The van der Waals surface area contributed by atoms with Crippen LogP contribution in [0.15, 0.2) is 65.6 Å². The molecule has 2 aromatic rings. The molecule has 0 saturated carbocycles. The molecular weight excluding hydrogens is 372 g/mol. The third kappa shape index (κ3) is 3.11. The number of para-hydroxylation sites is 1. The molecule has 6 heteroatoms. The Labute approximate surface area is 166 Å². The summed E-state index contributed by atoms with van der Waals surface area (Å²) in [6.07, 6.45) is 4.25. The fourth-order valence-corrected chi connectivity index (χ4v) is 5.63. The number of fused-ring (bicyclic) bond motifs is 1. The Hall–Kier alpha value is -2.60. The number of sulfonamides is 1. The first-order valence-corrected chi connectivity index (χ1v) is 10.9. The minimum atomic E-state index is -3.70. The Morgan fingerprint density at radius 3 is 2.36 bits per heavy atom. The van der Waals surface area contributed by atoms with Gasteiger partial charge in [0.15, 0.2) is 0 Å². The van der Waals surface area contributed by atoms with E-state index in [4.69, 9.17) is 0 Å². The lowest BCUT2D eigenvalue weighted by Gasteiger charge is -2.28. The molecule has 2 aromatic carbocycles. The van der Waals surface area contributed by atoms with Gasteiger partial charge in [0.05, 0.1) is 10.6 Å². The number of hydrogen-bond donors (Lipinski definition) is 0. The second-order valence-corrected chi connectivity index (χ2v) is 9.71. The monoisotopic (exact) mass is 396 g/mol. The van der Waals surface area contributed by atoms with Gasteiger partial charge in [-0.1, -0.05) is 55.0 Å². The van der Waals surface area contributed by atoms with E-state index in [-0.39, 0.29) is 23.8 Å². The van der Waals surface area contributed by atoms with Crippen molar-refractivity contribution in [1.82, 2.24) is 4.90 Å². The van der Waals surface area contributed by atoms with Gasteiger partial charge in [0.25, 0.3) is 10.0 Å². The predicted octanol–water partition coefficient (Wildman–Crippen LogP) is 3.25. The fourth-order valence-electron chi connectivity index (χ4n) is 4.02. The molecule has 0 aromatic heterocycles. The molecule has 0 fully saturated rings. The molecule has 1 amide bonds. The Kier molecular flexibility index (Phi) is 4.54. The third-order valence-corrected chi connectivity index (χ3v) is 7.41. The summed E-state index contributed by atoms with van der Waals surface area (Å²) in [5.74, 6) is 0.0527. The summed E-state index contributed by atoms with van der Waals surface area (Å²) < 4.78 is 28.2. The van der Waals surface area contributed by atoms with Gasteiger partial charge in [-0.15, -0.1) is 0 Å². The van der Waals surface area contributed by atoms with Gasteiger partial charge < -0.3 is 4.90 Å². The van der Waals surface area contributed by atoms with Gasteiger partial charge in [-0.3, -0.25) is 9.10 Å². The van der Waals surface area contributed by atoms with Crippen molar-refractivity contribution in [3.63, 3.8) is 0 Å². The normalized spacial score (nSPS) is 21.2. The van der Waals surface area contributed by atoms with E-state index in [2.05, 4.69) is 0 Å². The third-order valence-electron chi connectivity index (χ3n) is 5.64. The number of anilines is 1. The van der Waals surface area contributed by atoms with E-state index in [1.54, 1.807) is 29.2 Å². The number of hydrogen-bond acceptors (Lipinski definition) is 3. The summed E-state index contributed by atoms with van der Waals surface area (Å²) in [5, 5.41) is 0. The van der Waals surface area contributed by atoms with Crippen molar-refractivity contribution in [2.45, 2.75) is 30.6 Å². The number of aryl methyl sites for hydroxylation is 1. The van der Waals surface area contributed by atoms with Gasteiger partial charge in [-0.05, 0) is 30.7 Å². The molecular formula is C22H24N2O3S. The minimum Gasteiger partial charge on any atom is -0.335 e. The summed E-state index contributed by atoms with van der Waals surface area (Å²) >= 11 is 0. The van der Waals surface area contributed by atoms with Crippen LogP contribution in [0.1, 0.15) is 24.5 Å². The van der Waals surface area contributed by atoms with Crippen LogP contribution in [0.5, 0.6) is 0 Å². The van der Waals surface area contributed by atoms with E-state index < -0.39 is 15.4 Å². The van der Waals surface area contributed by atoms with Crippen molar-refractivity contribution in [1.29, 1.82) is 0 Å². The van der Waals surface area contributed by atoms with E-state index in [0.29, 0.717) is 18.8 Å². The predicted molar refractivity (Wildman–Crippen MR) is 110 cm³/mol. The molecule has 1 unspecified atom stereocenters. The van der Waals surface area contributed by atoms with Crippen molar-refractivity contribution in [3.05, 3.63) is 71.8 Å². The molecule has 2 aliphatic heterocycles. The number of carbonyl (C=O) groups excluding carboxylic acids is 1. The molecule has 1 atom stereocenters. The second kappa shape index (κ2) is 6.78. The molecule has 146 valence electrons. The highest BCUT2D eigenvalue weighted by atomic mass is 32.2. The topological polar surface area (TPSA) is 57.7 Å². The van der Waals surface area contributed by atoms with Gasteiger partial charge in [-0.2, -0.15) is 0 Å². The molecule has 4 rings (SSSR count). The Balaban J connectivity index is 1.69. The molecule has 2 heterocycles. The van der Waals surface area contributed by atoms with Crippen molar-refractivity contribution in [2.75, 3.05) is 23.9 Å². The maximum atomic E-state index is 13.4. The maximum absolute atomic E-state index is 13.4. The van der Waals surface area contributed by atoms with Crippen LogP contribution in [0.4, 0.5) is 5.69 Å². The summed E-state index contributed by atoms with van der Waals surface area (Å²) in [6, 6.07) is 14.4. The first-order chi connectivity index (χ1) is 13.3. The van der Waals surface area contributed by atoms with Gasteiger partial charge >= 0.3 is 0 Å². The lowest BCUT2D eigenvalue weighted by atomic mass is 9.81. The number of benzene rings is 2. The number of carbonyl (C=O) groups is 1. The Bertz CT molecular complexity index is 1040. The van der Waals surface area contributed by atoms with Crippen molar-refractivity contribution < 1.29 is 13.2 Å². The van der Waals surface area contributed by atoms with Gasteiger partial charge in [0, 0.05) is 31.5 Å². The zero-order valence-corrected chi connectivity index (χ0v) is 16.9. The smallest absolute Gasteiger partial charge is 0.264 e. The van der Waals surface area contributed by atoms with E-state index in [1.165, 1.54) is 4.31 Å². The molecule has 0 spiro atoms. The van der Waals surface area contributed by atoms with E-state index in [1.807, 2.05) is 50.3 Å². The van der Waals surface area contributed by atoms with Gasteiger partial charge in [-0.25, -0.2) is 8.42 Å². The molecule has 28 heavy (non-hydrogen) atoms. The van der Waals surface area contributed by atoms with Crippen LogP contribution in [0, 0.1) is 6.92 Å². The Morgan fingerprint density at radius 1 is 1.04 bits per heavy atom. The molecule has 5 nitrogen and oxygen atoms in total. The summed E-state index contributed by atoms with van der Waals surface area (Å²) in [7, 11) is -3.70. The van der Waals surface area contributed by atoms with Crippen LogP contribution in [-0.2, 0) is 20.2 Å². The molecule has 2 aliphatic rings. The van der Waals surface area contributed by atoms with E-state index in [0.717, 1.165) is 11.1 Å². The average molecular weight is 397 g/mol. The SMILES string of the molecule is Cc1ccc(S(=O)(=O)N2CC(C)(CC(=O)N3CC=CC3)c3ccccc32)cc1. The summed E-state index contributed by atoms with van der Waals surface area (Å²) in [6.45, 7) is 5.43. The Morgan fingerprint density at radius 2 is 1.68 bits per heavy atom. The van der Waals surface area contributed by atoms with Crippen LogP contribution in [0.3, 0.4) is 0 Å². The quantitative estimate of drug-likeness (QED) is 0.746. The van der Waals surface area contributed by atoms with Crippen molar-refractivity contribution in [3.8, 4) is 0 Å². The molecule has 0 radical (unpaired) electrons. The highest BCUT2D eigenvalue weighted by molar-refractivity contribution is 7.92. The summed E-state index contributed by atoms with van der Waals surface area (Å²) in [5.41, 5.74) is 2.02. The highest BCUT2D eigenvalue weighted by Crippen LogP contribution is 2.45. The fraction of sp³-hybridized carbons (Fsp3) is 0.318. The molecule has 0 bridgehead atoms. The standard InChI is InChI=1S/C22H24N2O3S/c1-17-9-11-18(12-10-17)28(26,27)24-16-22(2,19-7-3-4-8-20(19)24)15-21(25)23-13-5-6-14-23/h3-12H,13-16H2,1-2H3. The number of amides is 1. The average Bonchev–Trinajstić information content (AvgIpc) is 3.30. The van der Waals surface area contributed by atoms with Crippen molar-refractivity contribution >= 4 is 21.6 Å². The maximum Gasteiger partial charge on any atom is 0.264 e. The number of nitrogens with zero attached hydrogens (tertiary/aromatic N) is 2. The minimum absolute atomic E-state index is 0.0527. The zero-order chi connectivity index (χ0) is 19.9. The van der Waals surface area contributed by atoms with E-state index >= 15 is 0 Å². The highest BCUT2D eigenvalue weighted by Gasteiger charge is 2.45. The number of rotatable bonds is 4. The van der Waals surface area contributed by atoms with E-state index in [9.17, 15) is 13.2 Å². The van der Waals surface area contributed by atoms with Gasteiger partial charge in [0.2, 0.25) is 5.91 Å². The van der Waals surface area contributed by atoms with Crippen LogP contribution in [0.25, 0.3) is 0 Å².